The van der Waals surface area contributed by atoms with Gasteiger partial charge in [-0.2, -0.15) is 0 Å². The number of hydrogen-bond donors (Lipinski definition) is 0. The van der Waals surface area contributed by atoms with Crippen molar-refractivity contribution >= 4 is 22.8 Å². The number of anilines is 1. The van der Waals surface area contributed by atoms with Crippen LogP contribution < -0.4 is 4.90 Å². The molecule has 0 amide bonds. The highest BCUT2D eigenvalue weighted by atomic mass is 32.1. The molecule has 1 rings (SSSR count). The summed E-state index contributed by atoms with van der Waals surface area (Å²) in [5.41, 5.74) is 0.804. The smallest absolute Gasteiger partial charge is 0.186 e. The lowest BCUT2D eigenvalue weighted by atomic mass is 9.91. The van der Waals surface area contributed by atoms with E-state index in [0.29, 0.717) is 6.04 Å². The van der Waals surface area contributed by atoms with Crippen LogP contribution in [0.5, 0.6) is 0 Å². The van der Waals surface area contributed by atoms with Gasteiger partial charge in [0.1, 0.15) is 0 Å². The summed E-state index contributed by atoms with van der Waals surface area (Å²) in [6, 6.07) is 0.369. The van der Waals surface area contributed by atoms with Crippen LogP contribution >= 0.6 is 11.3 Å². The number of rotatable bonds is 6. The molecular formula is C15H27N3OS. The zero-order chi connectivity index (χ0) is 15.5. The first-order valence-electron chi connectivity index (χ1n) is 7.08. The highest BCUT2D eigenvalue weighted by Gasteiger charge is 2.26. The Morgan fingerprint density at radius 2 is 1.95 bits per heavy atom. The third-order valence-corrected chi connectivity index (χ3v) is 4.23. The number of aromatic nitrogens is 1. The fourth-order valence-corrected chi connectivity index (χ4v) is 3.58. The molecule has 4 nitrogen and oxygen atoms in total. The largest absolute Gasteiger partial charge is 0.344 e. The Hall–Kier alpha value is -0.940. The molecule has 20 heavy (non-hydrogen) atoms. The summed E-state index contributed by atoms with van der Waals surface area (Å²) in [6.07, 6.45) is 0.937. The number of hydrogen-bond acceptors (Lipinski definition) is 5. The average Bonchev–Trinajstić information content (AvgIpc) is 2.72. The number of likely N-dealkylation sites (N-methyl/N-ethyl adjacent to an activating group) is 2. The van der Waals surface area contributed by atoms with Crippen LogP contribution in [0.15, 0.2) is 0 Å². The van der Waals surface area contributed by atoms with Gasteiger partial charge in [0.25, 0.3) is 0 Å². The van der Waals surface area contributed by atoms with Gasteiger partial charge in [-0.25, -0.2) is 4.98 Å². The van der Waals surface area contributed by atoms with Crippen molar-refractivity contribution in [3.63, 3.8) is 0 Å². The Labute approximate surface area is 126 Å². The van der Waals surface area contributed by atoms with Crippen molar-refractivity contribution in [3.8, 4) is 0 Å². The topological polar surface area (TPSA) is 36.4 Å². The molecule has 0 bridgehead atoms. The second kappa shape index (κ2) is 6.68. The van der Waals surface area contributed by atoms with Crippen molar-refractivity contribution in [2.75, 3.05) is 32.1 Å². The molecule has 0 saturated carbocycles. The molecule has 0 aliphatic rings. The van der Waals surface area contributed by atoms with Crippen molar-refractivity contribution < 1.29 is 4.79 Å². The van der Waals surface area contributed by atoms with Crippen LogP contribution in [0.3, 0.4) is 0 Å². The van der Waals surface area contributed by atoms with E-state index in [1.165, 1.54) is 11.3 Å². The minimum Gasteiger partial charge on any atom is -0.344 e. The maximum atomic E-state index is 11.3. The predicted octanol–water partition coefficient (Wildman–Crippen LogP) is 3.03. The van der Waals surface area contributed by atoms with E-state index in [4.69, 9.17) is 4.98 Å². The third-order valence-electron chi connectivity index (χ3n) is 3.21. The predicted molar refractivity (Wildman–Crippen MR) is 87.2 cm³/mol. The van der Waals surface area contributed by atoms with Gasteiger partial charge in [0.2, 0.25) is 0 Å². The van der Waals surface area contributed by atoms with E-state index in [9.17, 15) is 4.79 Å². The second-order valence-corrected chi connectivity index (χ2v) is 7.48. The van der Waals surface area contributed by atoms with Gasteiger partial charge in [-0.1, -0.05) is 32.1 Å². The lowest BCUT2D eigenvalue weighted by molar-refractivity contribution is 0.112. The van der Waals surface area contributed by atoms with Crippen LogP contribution in [0.2, 0.25) is 0 Å². The van der Waals surface area contributed by atoms with Crippen molar-refractivity contribution in [2.24, 2.45) is 0 Å². The van der Waals surface area contributed by atoms with Crippen LogP contribution in [-0.4, -0.2) is 49.4 Å². The molecule has 1 atom stereocenters. The summed E-state index contributed by atoms with van der Waals surface area (Å²) in [7, 11) is 4.15. The Morgan fingerprint density at radius 1 is 1.35 bits per heavy atom. The van der Waals surface area contributed by atoms with Crippen molar-refractivity contribution in [1.82, 2.24) is 9.88 Å². The van der Waals surface area contributed by atoms with Crippen LogP contribution in [0.1, 0.15) is 50.0 Å². The monoisotopic (exact) mass is 297 g/mol. The Morgan fingerprint density at radius 3 is 2.30 bits per heavy atom. The molecule has 0 aliphatic heterocycles. The van der Waals surface area contributed by atoms with E-state index in [1.807, 2.05) is 0 Å². The molecule has 0 radical (unpaired) electrons. The first-order valence-corrected chi connectivity index (χ1v) is 7.90. The molecule has 0 N–H and O–H groups in total. The van der Waals surface area contributed by atoms with Gasteiger partial charge in [0, 0.05) is 24.5 Å². The number of thiazole rings is 1. The molecule has 1 aromatic heterocycles. The van der Waals surface area contributed by atoms with Gasteiger partial charge in [-0.15, -0.1) is 0 Å². The highest BCUT2D eigenvalue weighted by molar-refractivity contribution is 7.17. The van der Waals surface area contributed by atoms with Gasteiger partial charge in [-0.3, -0.25) is 4.79 Å². The molecular weight excluding hydrogens is 270 g/mol. The maximum Gasteiger partial charge on any atom is 0.186 e. The van der Waals surface area contributed by atoms with Gasteiger partial charge in [-0.05, 0) is 27.9 Å². The van der Waals surface area contributed by atoms with Crippen LogP contribution in [-0.2, 0) is 5.41 Å². The van der Waals surface area contributed by atoms with Crippen LogP contribution in [0, 0.1) is 0 Å². The third kappa shape index (κ3) is 4.03. The molecule has 5 heteroatoms. The van der Waals surface area contributed by atoms with Crippen molar-refractivity contribution in [2.45, 2.75) is 46.1 Å². The fraction of sp³-hybridized carbons (Fsp3) is 0.733. The number of nitrogens with zero attached hydrogens (tertiary/aromatic N) is 3. The SMILES string of the molecule is CCN(c1nc(C(C)(C)C)c(C=O)s1)C(C)CN(C)C. The van der Waals surface area contributed by atoms with Crippen molar-refractivity contribution in [3.05, 3.63) is 10.6 Å². The first kappa shape index (κ1) is 17.1. The zero-order valence-electron chi connectivity index (χ0n) is 13.7. The highest BCUT2D eigenvalue weighted by Crippen LogP contribution is 2.33. The van der Waals surface area contributed by atoms with E-state index < -0.39 is 0 Å². The number of carbonyl (C=O) groups is 1. The van der Waals surface area contributed by atoms with E-state index in [1.54, 1.807) is 0 Å². The summed E-state index contributed by atoms with van der Waals surface area (Å²) >= 11 is 1.50. The first-order chi connectivity index (χ1) is 9.20. The summed E-state index contributed by atoms with van der Waals surface area (Å²) in [5.74, 6) is 0. The molecule has 1 aromatic rings. The second-order valence-electron chi connectivity index (χ2n) is 6.47. The minimum atomic E-state index is -0.102. The number of carbonyl (C=O) groups excluding carboxylic acids is 1. The van der Waals surface area contributed by atoms with Gasteiger partial charge < -0.3 is 9.80 Å². The molecule has 0 aliphatic carbocycles. The molecule has 0 spiro atoms. The molecule has 0 fully saturated rings. The minimum absolute atomic E-state index is 0.102. The van der Waals surface area contributed by atoms with E-state index in [-0.39, 0.29) is 5.41 Å². The van der Waals surface area contributed by atoms with E-state index >= 15 is 0 Å². The van der Waals surface area contributed by atoms with E-state index in [0.717, 1.165) is 35.1 Å². The Bertz CT molecular complexity index is 448. The Kier molecular flexibility index (Phi) is 5.71. The Balaban J connectivity index is 3.11. The lowest BCUT2D eigenvalue weighted by Crippen LogP contribution is -2.40. The lowest BCUT2D eigenvalue weighted by Gasteiger charge is -2.29. The molecule has 1 heterocycles. The summed E-state index contributed by atoms with van der Waals surface area (Å²) in [4.78, 5) is 21.2. The zero-order valence-corrected chi connectivity index (χ0v) is 14.5. The maximum absolute atomic E-state index is 11.3. The van der Waals surface area contributed by atoms with Crippen LogP contribution in [0.4, 0.5) is 5.13 Å². The molecule has 0 aromatic carbocycles. The summed E-state index contributed by atoms with van der Waals surface area (Å²) in [5, 5.41) is 0.953. The standard InChI is InChI=1S/C15H27N3OS/c1-8-18(11(2)9-17(6)7)14-16-13(15(3,4)5)12(10-19)20-14/h10-11H,8-9H2,1-7H3. The van der Waals surface area contributed by atoms with E-state index in [2.05, 4.69) is 58.5 Å². The van der Waals surface area contributed by atoms with Gasteiger partial charge >= 0.3 is 0 Å². The van der Waals surface area contributed by atoms with Gasteiger partial charge in [0.15, 0.2) is 11.4 Å². The van der Waals surface area contributed by atoms with Crippen molar-refractivity contribution in [1.29, 1.82) is 0 Å². The molecule has 114 valence electrons. The number of aldehydes is 1. The normalized spacial score (nSPS) is 13.6. The molecule has 0 saturated heterocycles. The van der Waals surface area contributed by atoms with Gasteiger partial charge in [0.05, 0.1) is 10.6 Å². The summed E-state index contributed by atoms with van der Waals surface area (Å²) in [6.45, 7) is 12.5. The fourth-order valence-electron chi connectivity index (χ4n) is 2.32. The molecule has 1 unspecified atom stereocenters. The average molecular weight is 297 g/mol. The summed E-state index contributed by atoms with van der Waals surface area (Å²) < 4.78 is 0. The quantitative estimate of drug-likeness (QED) is 0.756. The van der Waals surface area contributed by atoms with Crippen LogP contribution in [0.25, 0.3) is 0 Å².